The SMILES string of the molecule is CC.COc1cccc(COc2cc(C(F)F)cc3c2C(=O)OC(C)(C)O3)c1. The molecular weight excluding hydrogens is 370 g/mol. The Morgan fingerprint density at radius 3 is 2.46 bits per heavy atom. The van der Waals surface area contributed by atoms with Crippen LogP contribution in [0.15, 0.2) is 36.4 Å². The first-order valence-electron chi connectivity index (χ1n) is 8.93. The van der Waals surface area contributed by atoms with Crippen molar-refractivity contribution >= 4 is 5.97 Å². The summed E-state index contributed by atoms with van der Waals surface area (Å²) in [6, 6.07) is 9.37. The molecule has 3 rings (SSSR count). The van der Waals surface area contributed by atoms with E-state index >= 15 is 0 Å². The van der Waals surface area contributed by atoms with Gasteiger partial charge in [-0.2, -0.15) is 0 Å². The third-order valence-electron chi connectivity index (χ3n) is 3.77. The third kappa shape index (κ3) is 4.91. The van der Waals surface area contributed by atoms with Crippen LogP contribution in [0.4, 0.5) is 8.78 Å². The van der Waals surface area contributed by atoms with Crippen LogP contribution in [-0.2, 0) is 11.3 Å². The van der Waals surface area contributed by atoms with Gasteiger partial charge in [0.1, 0.15) is 29.4 Å². The van der Waals surface area contributed by atoms with Crippen molar-refractivity contribution in [3.05, 3.63) is 53.1 Å². The highest BCUT2D eigenvalue weighted by Gasteiger charge is 2.37. The zero-order chi connectivity index (χ0) is 20.9. The van der Waals surface area contributed by atoms with Crippen LogP contribution in [0, 0.1) is 0 Å². The van der Waals surface area contributed by atoms with Gasteiger partial charge < -0.3 is 18.9 Å². The second kappa shape index (κ2) is 8.91. The number of rotatable bonds is 5. The highest BCUT2D eigenvalue weighted by Crippen LogP contribution is 2.40. The minimum Gasteiger partial charge on any atom is -0.497 e. The van der Waals surface area contributed by atoms with Gasteiger partial charge in [0.25, 0.3) is 6.43 Å². The molecule has 0 radical (unpaired) electrons. The monoisotopic (exact) mass is 394 g/mol. The maximum absolute atomic E-state index is 13.2. The summed E-state index contributed by atoms with van der Waals surface area (Å²) in [4.78, 5) is 12.3. The van der Waals surface area contributed by atoms with E-state index in [-0.39, 0.29) is 29.2 Å². The molecule has 152 valence electrons. The first-order valence-corrected chi connectivity index (χ1v) is 8.93. The average Bonchev–Trinajstić information content (AvgIpc) is 2.66. The van der Waals surface area contributed by atoms with E-state index in [1.54, 1.807) is 24.3 Å². The smallest absolute Gasteiger partial charge is 0.349 e. The summed E-state index contributed by atoms with van der Waals surface area (Å²) in [5.74, 6) is -1.28. The Bertz CT molecular complexity index is 834. The number of esters is 1. The Morgan fingerprint density at radius 2 is 1.82 bits per heavy atom. The van der Waals surface area contributed by atoms with Crippen LogP contribution in [0.25, 0.3) is 0 Å². The van der Waals surface area contributed by atoms with E-state index in [0.29, 0.717) is 5.75 Å². The quantitative estimate of drug-likeness (QED) is 0.625. The molecular formula is C21H24F2O5. The van der Waals surface area contributed by atoms with E-state index in [1.165, 1.54) is 21.0 Å². The van der Waals surface area contributed by atoms with Gasteiger partial charge in [0, 0.05) is 19.4 Å². The number of alkyl halides is 2. The van der Waals surface area contributed by atoms with Crippen LogP contribution in [0.5, 0.6) is 17.2 Å². The van der Waals surface area contributed by atoms with Crippen LogP contribution in [-0.4, -0.2) is 18.9 Å². The van der Waals surface area contributed by atoms with E-state index in [9.17, 15) is 13.6 Å². The Hall–Kier alpha value is -2.83. The third-order valence-corrected chi connectivity index (χ3v) is 3.77. The fourth-order valence-corrected chi connectivity index (χ4v) is 2.61. The molecule has 0 saturated carbocycles. The van der Waals surface area contributed by atoms with Crippen molar-refractivity contribution in [2.45, 2.75) is 46.5 Å². The second-order valence-corrected chi connectivity index (χ2v) is 6.22. The minimum absolute atomic E-state index is 0.00313. The number of hydrogen-bond acceptors (Lipinski definition) is 5. The van der Waals surface area contributed by atoms with Gasteiger partial charge in [-0.25, -0.2) is 13.6 Å². The molecule has 1 aliphatic rings. The molecule has 1 aliphatic heterocycles. The molecule has 0 spiro atoms. The fourth-order valence-electron chi connectivity index (χ4n) is 2.61. The summed E-state index contributed by atoms with van der Waals surface area (Å²) < 4.78 is 48.0. The summed E-state index contributed by atoms with van der Waals surface area (Å²) in [5, 5.41) is 0. The molecule has 0 amide bonds. The van der Waals surface area contributed by atoms with E-state index in [4.69, 9.17) is 18.9 Å². The molecule has 0 bridgehead atoms. The van der Waals surface area contributed by atoms with Crippen LogP contribution in [0.1, 0.15) is 55.6 Å². The largest absolute Gasteiger partial charge is 0.497 e. The van der Waals surface area contributed by atoms with Gasteiger partial charge in [-0.3, -0.25) is 0 Å². The molecule has 2 aromatic carbocycles. The summed E-state index contributed by atoms with van der Waals surface area (Å²) >= 11 is 0. The number of fused-ring (bicyclic) bond motifs is 1. The summed E-state index contributed by atoms with van der Waals surface area (Å²) in [5.41, 5.74) is 0.456. The number of hydrogen-bond donors (Lipinski definition) is 0. The minimum atomic E-state index is -2.73. The van der Waals surface area contributed by atoms with Gasteiger partial charge in [0.05, 0.1) is 7.11 Å². The van der Waals surface area contributed by atoms with Crippen molar-refractivity contribution in [2.75, 3.05) is 7.11 Å². The van der Waals surface area contributed by atoms with Gasteiger partial charge >= 0.3 is 5.97 Å². The van der Waals surface area contributed by atoms with E-state index in [2.05, 4.69) is 0 Å². The molecule has 0 aliphatic carbocycles. The topological polar surface area (TPSA) is 54.0 Å². The standard InChI is InChI=1S/C19H18F2O5.C2H6/c1-19(2)25-15-9-12(17(20)21)8-14(16(15)18(22)26-19)24-10-11-5-4-6-13(7-11)23-3;1-2/h4-9,17H,10H2,1-3H3;1-2H3. The van der Waals surface area contributed by atoms with Crippen molar-refractivity contribution < 1.29 is 32.5 Å². The molecule has 7 heteroatoms. The average molecular weight is 394 g/mol. The Balaban J connectivity index is 0.00000136. The first-order chi connectivity index (χ1) is 13.3. The Morgan fingerprint density at radius 1 is 1.11 bits per heavy atom. The molecule has 0 unspecified atom stereocenters. The highest BCUT2D eigenvalue weighted by molar-refractivity contribution is 5.97. The first kappa shape index (κ1) is 21.5. The van der Waals surface area contributed by atoms with Crippen molar-refractivity contribution in [1.82, 2.24) is 0 Å². The molecule has 0 fully saturated rings. The van der Waals surface area contributed by atoms with Gasteiger partial charge in [0.2, 0.25) is 5.79 Å². The van der Waals surface area contributed by atoms with E-state index in [1.807, 2.05) is 13.8 Å². The van der Waals surface area contributed by atoms with Crippen molar-refractivity contribution in [3.8, 4) is 17.2 Å². The predicted octanol–water partition coefficient (Wildman–Crippen LogP) is 5.52. The van der Waals surface area contributed by atoms with Gasteiger partial charge in [-0.15, -0.1) is 0 Å². The molecule has 0 atom stereocenters. The number of carbonyl (C=O) groups excluding carboxylic acids is 1. The number of carbonyl (C=O) groups is 1. The maximum atomic E-state index is 13.2. The number of halogens is 2. The highest BCUT2D eigenvalue weighted by atomic mass is 19.3. The molecule has 1 heterocycles. The Kier molecular flexibility index (Phi) is 6.83. The number of methoxy groups -OCH3 is 1. The van der Waals surface area contributed by atoms with Crippen LogP contribution in [0.3, 0.4) is 0 Å². The zero-order valence-corrected chi connectivity index (χ0v) is 16.5. The van der Waals surface area contributed by atoms with Gasteiger partial charge in [0.15, 0.2) is 0 Å². The van der Waals surface area contributed by atoms with Crippen molar-refractivity contribution in [3.63, 3.8) is 0 Å². The number of cyclic esters (lactones) is 1. The lowest BCUT2D eigenvalue weighted by Crippen LogP contribution is -2.39. The normalized spacial score (nSPS) is 14.2. The summed E-state index contributed by atoms with van der Waals surface area (Å²) in [6.45, 7) is 7.12. The van der Waals surface area contributed by atoms with Crippen molar-refractivity contribution in [2.24, 2.45) is 0 Å². The molecule has 5 nitrogen and oxygen atoms in total. The molecule has 0 saturated heterocycles. The fraction of sp³-hybridized carbons (Fsp3) is 0.381. The predicted molar refractivity (Wildman–Crippen MR) is 100 cm³/mol. The lowest BCUT2D eigenvalue weighted by atomic mass is 10.1. The van der Waals surface area contributed by atoms with Crippen molar-refractivity contribution in [1.29, 1.82) is 0 Å². The van der Waals surface area contributed by atoms with Crippen LogP contribution >= 0.6 is 0 Å². The molecule has 0 aromatic heterocycles. The molecule has 0 N–H and O–H groups in total. The second-order valence-electron chi connectivity index (χ2n) is 6.22. The Labute approximate surface area is 163 Å². The summed E-state index contributed by atoms with van der Waals surface area (Å²) in [6.07, 6.45) is -2.73. The molecule has 2 aromatic rings. The van der Waals surface area contributed by atoms with Gasteiger partial charge in [-0.1, -0.05) is 26.0 Å². The number of ether oxygens (including phenoxy) is 4. The van der Waals surface area contributed by atoms with Crippen LogP contribution < -0.4 is 14.2 Å². The van der Waals surface area contributed by atoms with E-state index in [0.717, 1.165) is 17.7 Å². The summed E-state index contributed by atoms with van der Waals surface area (Å²) in [7, 11) is 1.54. The molecule has 28 heavy (non-hydrogen) atoms. The lowest BCUT2D eigenvalue weighted by Gasteiger charge is -2.32. The van der Waals surface area contributed by atoms with E-state index < -0.39 is 18.2 Å². The lowest BCUT2D eigenvalue weighted by molar-refractivity contribution is -0.127. The zero-order valence-electron chi connectivity index (χ0n) is 16.5. The number of benzene rings is 2. The maximum Gasteiger partial charge on any atom is 0.349 e. The van der Waals surface area contributed by atoms with Crippen LogP contribution in [0.2, 0.25) is 0 Å². The van der Waals surface area contributed by atoms with Gasteiger partial charge in [-0.05, 0) is 29.8 Å².